The zero-order valence-electron chi connectivity index (χ0n) is 8.52. The summed E-state index contributed by atoms with van der Waals surface area (Å²) >= 11 is 0. The highest BCUT2D eigenvalue weighted by molar-refractivity contribution is 5.96. The van der Waals surface area contributed by atoms with Crippen LogP contribution >= 0.6 is 0 Å². The van der Waals surface area contributed by atoms with E-state index in [0.717, 1.165) is 4.90 Å². The van der Waals surface area contributed by atoms with Crippen molar-refractivity contribution in [3.8, 4) is 0 Å². The van der Waals surface area contributed by atoms with E-state index in [-0.39, 0.29) is 17.9 Å². The third kappa shape index (κ3) is 1.59. The summed E-state index contributed by atoms with van der Waals surface area (Å²) in [5.41, 5.74) is 8.78. The number of hydrogen-bond donors (Lipinski definition) is 1. The maximum absolute atomic E-state index is 11.6. The van der Waals surface area contributed by atoms with Crippen molar-refractivity contribution in [2.75, 3.05) is 13.6 Å². The lowest BCUT2D eigenvalue weighted by atomic mass is 10.2. The third-order valence-corrected chi connectivity index (χ3v) is 2.17. The first kappa shape index (κ1) is 10.6. The average molecular weight is 198 g/mol. The van der Waals surface area contributed by atoms with Crippen LogP contribution in [-0.2, 0) is 4.79 Å². The first-order chi connectivity index (χ1) is 6.49. The van der Waals surface area contributed by atoms with E-state index in [9.17, 15) is 9.59 Å². The number of nitrogens with one attached hydrogen (secondary N) is 1. The molecule has 0 saturated carbocycles. The highest BCUT2D eigenvalue weighted by atomic mass is 16.2. The molecule has 1 N–H and O–H groups in total. The Morgan fingerprint density at radius 3 is 2.64 bits per heavy atom. The lowest BCUT2D eigenvalue weighted by Gasteiger charge is -2.17. The minimum Gasteiger partial charge on any atom is -0.507 e. The number of amides is 3. The van der Waals surface area contributed by atoms with Gasteiger partial charge in [0.2, 0.25) is 12.1 Å². The van der Waals surface area contributed by atoms with Gasteiger partial charge in [0.25, 0.3) is 0 Å². The van der Waals surface area contributed by atoms with Gasteiger partial charge in [-0.3, -0.25) is 4.79 Å². The minimum atomic E-state index is -0.637. The standard InChI is InChI=1S/C8H14N4O2/c1-5(2)7(13)12-6(10-9)4-11(3)8(12)14/h5-6,10H,4H2,1-3H3. The molecule has 6 heteroatoms. The minimum absolute atomic E-state index is 0.263. The fraction of sp³-hybridized carbons (Fsp3) is 0.750. The molecule has 1 heterocycles. The van der Waals surface area contributed by atoms with E-state index < -0.39 is 6.17 Å². The molecule has 1 saturated heterocycles. The van der Waals surface area contributed by atoms with Crippen LogP contribution in [-0.4, -0.2) is 41.5 Å². The van der Waals surface area contributed by atoms with Crippen molar-refractivity contribution in [3.63, 3.8) is 0 Å². The molecular formula is C8H14N4O2. The van der Waals surface area contributed by atoms with E-state index in [0.29, 0.717) is 6.54 Å². The van der Waals surface area contributed by atoms with Gasteiger partial charge in [-0.05, 0) is 0 Å². The average Bonchev–Trinajstić information content (AvgIpc) is 2.42. The Labute approximate surface area is 82.4 Å². The highest BCUT2D eigenvalue weighted by Crippen LogP contribution is 2.13. The van der Waals surface area contributed by atoms with Crippen LogP contribution in [0.3, 0.4) is 0 Å². The number of hydrogen-bond acceptors (Lipinski definition) is 2. The molecule has 1 rings (SSSR count). The Morgan fingerprint density at radius 2 is 2.21 bits per heavy atom. The maximum atomic E-state index is 11.6. The van der Waals surface area contributed by atoms with Crippen LogP contribution in [0.15, 0.2) is 0 Å². The molecule has 0 aromatic carbocycles. The molecule has 1 unspecified atom stereocenters. The number of nitrogens with zero attached hydrogens (tertiary/aromatic N) is 3. The van der Waals surface area contributed by atoms with Crippen molar-refractivity contribution in [1.82, 2.24) is 9.80 Å². The molecular weight excluding hydrogens is 184 g/mol. The van der Waals surface area contributed by atoms with E-state index in [1.807, 2.05) is 5.11 Å². The van der Waals surface area contributed by atoms with Crippen LogP contribution < -0.4 is 5.11 Å². The summed E-state index contributed by atoms with van der Waals surface area (Å²) in [5, 5.41) is 1.95. The van der Waals surface area contributed by atoms with Gasteiger partial charge in [0.05, 0.1) is 0 Å². The molecule has 3 amide bonds. The smallest absolute Gasteiger partial charge is 0.332 e. The second kappa shape index (κ2) is 3.73. The van der Waals surface area contributed by atoms with Gasteiger partial charge in [0.15, 0.2) is 0 Å². The molecule has 0 aromatic heterocycles. The molecule has 1 atom stereocenters. The second-order valence-corrected chi connectivity index (χ2v) is 3.67. The van der Waals surface area contributed by atoms with Crippen molar-refractivity contribution >= 4 is 11.9 Å². The van der Waals surface area contributed by atoms with E-state index >= 15 is 0 Å². The Bertz CT molecular complexity index is 277. The number of likely N-dealkylation sites (N-methyl/N-ethyl adjacent to an activating group) is 1. The van der Waals surface area contributed by atoms with Gasteiger partial charge >= 0.3 is 6.03 Å². The summed E-state index contributed by atoms with van der Waals surface area (Å²) in [6.45, 7) is 3.72. The van der Waals surface area contributed by atoms with E-state index in [1.54, 1.807) is 20.9 Å². The number of carbonyl (C=O) groups is 2. The van der Waals surface area contributed by atoms with Crippen LogP contribution in [0.1, 0.15) is 13.8 Å². The monoisotopic (exact) mass is 198 g/mol. The van der Waals surface area contributed by atoms with Crippen LogP contribution in [0.4, 0.5) is 4.79 Å². The van der Waals surface area contributed by atoms with E-state index in [2.05, 4.69) is 0 Å². The fourth-order valence-electron chi connectivity index (χ4n) is 1.36. The summed E-state index contributed by atoms with van der Waals surface area (Å²) in [5.74, 6) is -0.549. The van der Waals surface area contributed by atoms with Gasteiger partial charge in [-0.1, -0.05) is 13.8 Å². The molecule has 78 valence electrons. The molecule has 0 radical (unpaired) electrons. The number of urea groups is 1. The van der Waals surface area contributed by atoms with Crippen molar-refractivity contribution in [2.24, 2.45) is 5.92 Å². The third-order valence-electron chi connectivity index (χ3n) is 2.17. The van der Waals surface area contributed by atoms with Crippen LogP contribution in [0.2, 0.25) is 0 Å². The van der Waals surface area contributed by atoms with Gasteiger partial charge in [-0.25, -0.2) is 9.69 Å². The highest BCUT2D eigenvalue weighted by Gasteiger charge is 2.42. The molecule has 1 aliphatic rings. The Kier molecular flexibility index (Phi) is 2.83. The van der Waals surface area contributed by atoms with Gasteiger partial charge in [-0.15, -0.1) is 0 Å². The van der Waals surface area contributed by atoms with Crippen LogP contribution in [0.25, 0.3) is 5.53 Å². The molecule has 0 aliphatic carbocycles. The number of rotatable bonds is 2. The SMILES string of the molecule is CC(C)C(=O)N1C(=O)N(C)CC1[NH+]=[N-]. The molecule has 0 bridgehead atoms. The normalized spacial score (nSPS) is 22.0. The molecule has 1 fully saturated rings. The second-order valence-electron chi connectivity index (χ2n) is 3.67. The van der Waals surface area contributed by atoms with Crippen molar-refractivity contribution in [3.05, 3.63) is 5.53 Å². The molecule has 6 nitrogen and oxygen atoms in total. The lowest BCUT2D eigenvalue weighted by molar-refractivity contribution is -0.540. The van der Waals surface area contributed by atoms with Crippen LogP contribution in [0, 0.1) is 5.92 Å². The van der Waals surface area contributed by atoms with Crippen molar-refractivity contribution in [2.45, 2.75) is 20.0 Å². The fourth-order valence-corrected chi connectivity index (χ4v) is 1.36. The Balaban J connectivity index is 2.89. The first-order valence-electron chi connectivity index (χ1n) is 4.46. The predicted octanol–water partition coefficient (Wildman–Crippen LogP) is -1.04. The Morgan fingerprint density at radius 1 is 1.64 bits per heavy atom. The number of carbonyl (C=O) groups excluding carboxylic acids is 2. The van der Waals surface area contributed by atoms with Gasteiger partial charge in [0, 0.05) is 13.0 Å². The first-order valence-corrected chi connectivity index (χ1v) is 4.46. The molecule has 14 heavy (non-hydrogen) atoms. The molecule has 0 aromatic rings. The van der Waals surface area contributed by atoms with Crippen molar-refractivity contribution < 1.29 is 14.7 Å². The van der Waals surface area contributed by atoms with Gasteiger partial charge < -0.3 is 15.5 Å². The summed E-state index contributed by atoms with van der Waals surface area (Å²) in [6.07, 6.45) is -0.637. The van der Waals surface area contributed by atoms with E-state index in [1.165, 1.54) is 4.90 Å². The topological polar surface area (TPSA) is 76.9 Å². The summed E-state index contributed by atoms with van der Waals surface area (Å²) in [6, 6.07) is -0.379. The largest absolute Gasteiger partial charge is 0.507 e. The van der Waals surface area contributed by atoms with Crippen molar-refractivity contribution in [1.29, 1.82) is 0 Å². The lowest BCUT2D eigenvalue weighted by Crippen LogP contribution is -2.78. The zero-order chi connectivity index (χ0) is 10.9. The van der Waals surface area contributed by atoms with Gasteiger partial charge in [-0.2, -0.15) is 0 Å². The summed E-state index contributed by atoms with van der Waals surface area (Å²) in [7, 11) is 1.58. The predicted molar refractivity (Wildman–Crippen MR) is 47.8 cm³/mol. The maximum Gasteiger partial charge on any atom is 0.332 e. The van der Waals surface area contributed by atoms with Crippen LogP contribution in [0.5, 0.6) is 0 Å². The zero-order valence-corrected chi connectivity index (χ0v) is 8.52. The Hall–Kier alpha value is -1.46. The molecule has 1 aliphatic heterocycles. The quantitative estimate of drug-likeness (QED) is 0.576. The summed E-state index contributed by atoms with van der Waals surface area (Å²) in [4.78, 5) is 25.5. The summed E-state index contributed by atoms with van der Waals surface area (Å²) < 4.78 is 0. The van der Waals surface area contributed by atoms with Gasteiger partial charge in [0.1, 0.15) is 6.54 Å². The van der Waals surface area contributed by atoms with E-state index in [4.69, 9.17) is 5.53 Å². The molecule has 0 spiro atoms. The number of imide groups is 1.